The van der Waals surface area contributed by atoms with E-state index in [1.165, 1.54) is 11.8 Å². The Balaban J connectivity index is 3.01. The molecule has 0 fully saturated rings. The van der Waals surface area contributed by atoms with Crippen LogP contribution < -0.4 is 0 Å². The van der Waals surface area contributed by atoms with Gasteiger partial charge >= 0.3 is 5.97 Å². The molecule has 1 N–H and O–H groups in total. The normalized spacial score (nSPS) is 11.9. The number of thiocarbonyl (C=S) groups is 1. The first-order chi connectivity index (χ1) is 7.57. The van der Waals surface area contributed by atoms with E-state index < -0.39 is 12.0 Å². The quantitative estimate of drug-likeness (QED) is 0.840. The van der Waals surface area contributed by atoms with Gasteiger partial charge in [-0.05, 0) is 11.8 Å². The second kappa shape index (κ2) is 5.86. The Morgan fingerprint density at radius 3 is 2.44 bits per heavy atom. The summed E-state index contributed by atoms with van der Waals surface area (Å²) in [4.78, 5) is 12.8. The molecule has 0 heterocycles. The van der Waals surface area contributed by atoms with Crippen LogP contribution in [-0.2, 0) is 4.79 Å². The Bertz CT molecular complexity index is 381. The first-order valence-electron chi connectivity index (χ1n) is 4.66. The summed E-state index contributed by atoms with van der Waals surface area (Å²) >= 11 is 6.47. The van der Waals surface area contributed by atoms with Crippen molar-refractivity contribution in [1.82, 2.24) is 4.90 Å². The van der Waals surface area contributed by atoms with Gasteiger partial charge in [0.2, 0.25) is 0 Å². The number of hydrogen-bond acceptors (Lipinski definition) is 3. The highest BCUT2D eigenvalue weighted by Crippen LogP contribution is 2.22. The number of thioether (sulfide) groups is 1. The number of hydrogen-bond donors (Lipinski definition) is 1. The Kier molecular flexibility index (Phi) is 4.76. The van der Waals surface area contributed by atoms with Gasteiger partial charge in [-0.2, -0.15) is 0 Å². The van der Waals surface area contributed by atoms with Crippen molar-refractivity contribution in [1.29, 1.82) is 0 Å². The Labute approximate surface area is 104 Å². The van der Waals surface area contributed by atoms with Gasteiger partial charge < -0.3 is 10.0 Å². The number of rotatable bonds is 3. The molecule has 0 aliphatic heterocycles. The van der Waals surface area contributed by atoms with Crippen LogP contribution in [0.1, 0.15) is 11.6 Å². The monoisotopic (exact) mass is 255 g/mol. The average molecular weight is 255 g/mol. The van der Waals surface area contributed by atoms with Crippen LogP contribution >= 0.6 is 24.0 Å². The number of carboxylic acid groups (broad SMARTS) is 1. The van der Waals surface area contributed by atoms with Crippen molar-refractivity contribution in [3.05, 3.63) is 35.9 Å². The van der Waals surface area contributed by atoms with E-state index in [1.807, 2.05) is 24.5 Å². The van der Waals surface area contributed by atoms with Gasteiger partial charge in [0.25, 0.3) is 0 Å². The van der Waals surface area contributed by atoms with Crippen molar-refractivity contribution in [3.63, 3.8) is 0 Å². The summed E-state index contributed by atoms with van der Waals surface area (Å²) in [5.41, 5.74) is 0.730. The number of benzene rings is 1. The fourth-order valence-electron chi connectivity index (χ4n) is 1.42. The Morgan fingerprint density at radius 2 is 2.00 bits per heavy atom. The maximum absolute atomic E-state index is 11.3. The predicted octanol–water partition coefficient (Wildman–Crippen LogP) is 2.39. The van der Waals surface area contributed by atoms with Gasteiger partial charge in [0.15, 0.2) is 6.04 Å². The largest absolute Gasteiger partial charge is 0.479 e. The predicted molar refractivity (Wildman–Crippen MR) is 70.7 cm³/mol. The topological polar surface area (TPSA) is 40.5 Å². The molecule has 0 radical (unpaired) electrons. The summed E-state index contributed by atoms with van der Waals surface area (Å²) in [5, 5.41) is 9.23. The second-order valence-electron chi connectivity index (χ2n) is 3.23. The SMILES string of the molecule is CSC(=S)N(C)C(C(=O)O)c1ccccc1. The molecule has 0 amide bonds. The van der Waals surface area contributed by atoms with Crippen LogP contribution in [0.2, 0.25) is 0 Å². The van der Waals surface area contributed by atoms with E-state index in [2.05, 4.69) is 0 Å². The van der Waals surface area contributed by atoms with E-state index >= 15 is 0 Å². The van der Waals surface area contributed by atoms with Crippen LogP contribution in [0.5, 0.6) is 0 Å². The van der Waals surface area contributed by atoms with E-state index in [1.54, 1.807) is 24.1 Å². The molecule has 0 aromatic heterocycles. The molecule has 0 saturated heterocycles. The third-order valence-electron chi connectivity index (χ3n) is 2.20. The number of carbonyl (C=O) groups is 1. The summed E-state index contributed by atoms with van der Waals surface area (Å²) in [5.74, 6) is -0.898. The lowest BCUT2D eigenvalue weighted by Crippen LogP contribution is -2.33. The molecule has 1 aromatic carbocycles. The van der Waals surface area contributed by atoms with Crippen molar-refractivity contribution >= 4 is 34.3 Å². The molecule has 0 spiro atoms. The molecule has 0 bridgehead atoms. The lowest BCUT2D eigenvalue weighted by atomic mass is 10.1. The number of aliphatic carboxylic acids is 1. The first-order valence-corrected chi connectivity index (χ1v) is 6.29. The summed E-state index contributed by atoms with van der Waals surface area (Å²) in [6.07, 6.45) is 1.84. The number of nitrogens with zero attached hydrogens (tertiary/aromatic N) is 1. The van der Waals surface area contributed by atoms with Crippen LogP contribution in [0.25, 0.3) is 0 Å². The average Bonchev–Trinajstić information content (AvgIpc) is 2.29. The molecule has 1 unspecified atom stereocenters. The summed E-state index contributed by atoms with van der Waals surface area (Å²) in [7, 11) is 1.70. The highest BCUT2D eigenvalue weighted by atomic mass is 32.2. The van der Waals surface area contributed by atoms with E-state index in [4.69, 9.17) is 12.2 Å². The maximum Gasteiger partial charge on any atom is 0.331 e. The molecule has 16 heavy (non-hydrogen) atoms. The molecule has 1 aromatic rings. The minimum absolute atomic E-state index is 0.566. The van der Waals surface area contributed by atoms with Crippen LogP contribution in [0, 0.1) is 0 Å². The first kappa shape index (κ1) is 13.0. The minimum Gasteiger partial charge on any atom is -0.479 e. The van der Waals surface area contributed by atoms with Crippen molar-refractivity contribution in [2.75, 3.05) is 13.3 Å². The summed E-state index contributed by atoms with van der Waals surface area (Å²) in [6.45, 7) is 0. The van der Waals surface area contributed by atoms with E-state index in [9.17, 15) is 9.90 Å². The molecular formula is C11H13NO2S2. The van der Waals surface area contributed by atoms with Gasteiger partial charge in [-0.1, -0.05) is 42.5 Å². The highest BCUT2D eigenvalue weighted by Gasteiger charge is 2.25. The lowest BCUT2D eigenvalue weighted by molar-refractivity contribution is -0.141. The van der Waals surface area contributed by atoms with Crippen molar-refractivity contribution in [2.45, 2.75) is 6.04 Å². The fraction of sp³-hybridized carbons (Fsp3) is 0.273. The molecule has 0 aliphatic rings. The molecular weight excluding hydrogens is 242 g/mol. The summed E-state index contributed by atoms with van der Waals surface area (Å²) < 4.78 is 0.566. The fourth-order valence-corrected chi connectivity index (χ4v) is 1.92. The second-order valence-corrected chi connectivity index (χ2v) is 4.67. The van der Waals surface area contributed by atoms with Gasteiger partial charge in [0, 0.05) is 7.05 Å². The van der Waals surface area contributed by atoms with Crippen LogP contribution in [0.15, 0.2) is 30.3 Å². The van der Waals surface area contributed by atoms with Gasteiger partial charge in [-0.25, -0.2) is 4.79 Å². The van der Waals surface area contributed by atoms with Crippen molar-refractivity contribution in [3.8, 4) is 0 Å². The molecule has 3 nitrogen and oxygen atoms in total. The summed E-state index contributed by atoms with van der Waals surface area (Å²) in [6, 6.07) is 8.36. The van der Waals surface area contributed by atoms with Crippen LogP contribution in [0.3, 0.4) is 0 Å². The van der Waals surface area contributed by atoms with Gasteiger partial charge in [-0.3, -0.25) is 0 Å². The number of likely N-dealkylation sites (N-methyl/N-ethyl adjacent to an activating group) is 1. The van der Waals surface area contributed by atoms with Crippen molar-refractivity contribution < 1.29 is 9.90 Å². The number of carboxylic acids is 1. The lowest BCUT2D eigenvalue weighted by Gasteiger charge is -2.26. The van der Waals surface area contributed by atoms with Crippen molar-refractivity contribution in [2.24, 2.45) is 0 Å². The Morgan fingerprint density at radius 1 is 1.44 bits per heavy atom. The van der Waals surface area contributed by atoms with Gasteiger partial charge in [0.05, 0.1) is 0 Å². The smallest absolute Gasteiger partial charge is 0.331 e. The van der Waals surface area contributed by atoms with E-state index in [0.717, 1.165) is 5.56 Å². The van der Waals surface area contributed by atoms with Gasteiger partial charge in [0.1, 0.15) is 4.32 Å². The molecule has 1 atom stereocenters. The molecule has 86 valence electrons. The van der Waals surface area contributed by atoms with Crippen LogP contribution in [-0.4, -0.2) is 33.6 Å². The zero-order valence-corrected chi connectivity index (χ0v) is 10.7. The van der Waals surface area contributed by atoms with Crippen LogP contribution in [0.4, 0.5) is 0 Å². The standard InChI is InChI=1S/C11H13NO2S2/c1-12(11(15)16-2)9(10(13)14)8-6-4-3-5-7-8/h3-7,9H,1-2H3,(H,13,14). The highest BCUT2D eigenvalue weighted by molar-refractivity contribution is 8.22. The third-order valence-corrected chi connectivity index (χ3v) is 3.62. The molecule has 5 heteroatoms. The van der Waals surface area contributed by atoms with Gasteiger partial charge in [-0.15, -0.1) is 11.8 Å². The van der Waals surface area contributed by atoms with E-state index in [-0.39, 0.29) is 0 Å². The Hall–Kier alpha value is -1.07. The minimum atomic E-state index is -0.898. The molecule has 0 saturated carbocycles. The molecule has 1 rings (SSSR count). The zero-order chi connectivity index (χ0) is 12.1. The zero-order valence-electron chi connectivity index (χ0n) is 9.08. The molecule has 0 aliphatic carbocycles. The third kappa shape index (κ3) is 2.96. The maximum atomic E-state index is 11.3. The van der Waals surface area contributed by atoms with E-state index in [0.29, 0.717) is 4.32 Å².